The number of carbonyl (C=O) groups excluding carboxylic acids is 3. The maximum Gasteiger partial charge on any atom is 0.261 e. The summed E-state index contributed by atoms with van der Waals surface area (Å²) in [5.74, 6) is -3.19. The minimum Gasteiger partial charge on any atom is -0.376 e. The Hall–Kier alpha value is -3.13. The van der Waals surface area contributed by atoms with Gasteiger partial charge in [-0.2, -0.15) is 0 Å². The fourth-order valence-electron chi connectivity index (χ4n) is 3.96. The predicted octanol–water partition coefficient (Wildman–Crippen LogP) is 3.57. The molecule has 31 heavy (non-hydrogen) atoms. The van der Waals surface area contributed by atoms with Gasteiger partial charge < -0.3 is 9.64 Å². The van der Waals surface area contributed by atoms with Gasteiger partial charge >= 0.3 is 0 Å². The normalized spacial score (nSPS) is 19.0. The first-order valence-corrected chi connectivity index (χ1v) is 10.1. The Morgan fingerprint density at radius 2 is 1.87 bits per heavy atom. The summed E-state index contributed by atoms with van der Waals surface area (Å²) in [5, 5.41) is 0. The fraction of sp³-hybridized carbons (Fsp3) is 0.348. The van der Waals surface area contributed by atoms with Crippen LogP contribution in [-0.2, 0) is 4.74 Å². The van der Waals surface area contributed by atoms with Gasteiger partial charge in [-0.05, 0) is 55.7 Å². The number of ether oxygens (including phenoxy) is 1. The third-order valence-electron chi connectivity index (χ3n) is 5.96. The van der Waals surface area contributed by atoms with E-state index in [1.165, 1.54) is 41.1 Å². The molecule has 2 aromatic rings. The average Bonchev–Trinajstić information content (AvgIpc) is 3.37. The van der Waals surface area contributed by atoms with E-state index in [0.717, 1.165) is 25.0 Å². The highest BCUT2D eigenvalue weighted by molar-refractivity contribution is 6.22. The van der Waals surface area contributed by atoms with E-state index in [9.17, 15) is 23.2 Å². The molecule has 2 aliphatic rings. The van der Waals surface area contributed by atoms with Crippen molar-refractivity contribution in [3.8, 4) is 0 Å². The molecule has 1 fully saturated rings. The Morgan fingerprint density at radius 3 is 2.55 bits per heavy atom. The maximum absolute atomic E-state index is 13.6. The summed E-state index contributed by atoms with van der Waals surface area (Å²) >= 11 is 0. The molecule has 2 unspecified atom stereocenters. The molecule has 2 aliphatic heterocycles. The van der Waals surface area contributed by atoms with Gasteiger partial charge in [-0.1, -0.05) is 6.07 Å². The van der Waals surface area contributed by atoms with Crippen molar-refractivity contribution in [3.63, 3.8) is 0 Å². The molecule has 4 rings (SSSR count). The molecule has 0 aliphatic carbocycles. The van der Waals surface area contributed by atoms with Gasteiger partial charge in [0.2, 0.25) is 0 Å². The highest BCUT2D eigenvalue weighted by Gasteiger charge is 2.38. The molecule has 0 saturated carbocycles. The number of amides is 3. The van der Waals surface area contributed by atoms with Gasteiger partial charge in [0.25, 0.3) is 17.7 Å². The number of carbonyl (C=O) groups is 3. The molecule has 6 nitrogen and oxygen atoms in total. The topological polar surface area (TPSA) is 66.9 Å². The lowest BCUT2D eigenvalue weighted by Crippen LogP contribution is -2.36. The Kier molecular flexibility index (Phi) is 5.58. The van der Waals surface area contributed by atoms with Crippen LogP contribution >= 0.6 is 0 Å². The van der Waals surface area contributed by atoms with E-state index in [1.807, 2.05) is 0 Å². The van der Waals surface area contributed by atoms with Crippen LogP contribution in [0.1, 0.15) is 62.4 Å². The number of imide groups is 1. The van der Waals surface area contributed by atoms with Crippen molar-refractivity contribution < 1.29 is 27.9 Å². The molecule has 0 aromatic heterocycles. The fourth-order valence-corrected chi connectivity index (χ4v) is 3.96. The number of nitrogens with zero attached hydrogens (tertiary/aromatic N) is 2. The van der Waals surface area contributed by atoms with Crippen molar-refractivity contribution >= 4 is 17.7 Å². The first kappa shape index (κ1) is 21.1. The third-order valence-corrected chi connectivity index (χ3v) is 5.96. The molecule has 1 saturated heterocycles. The Bertz CT molecular complexity index is 1070. The van der Waals surface area contributed by atoms with Crippen molar-refractivity contribution in [2.24, 2.45) is 0 Å². The van der Waals surface area contributed by atoms with Crippen molar-refractivity contribution in [1.82, 2.24) is 9.80 Å². The van der Waals surface area contributed by atoms with Crippen LogP contribution in [0.4, 0.5) is 8.78 Å². The second-order valence-electron chi connectivity index (χ2n) is 7.88. The van der Waals surface area contributed by atoms with Gasteiger partial charge in [-0.15, -0.1) is 0 Å². The molecule has 2 heterocycles. The van der Waals surface area contributed by atoms with Crippen LogP contribution < -0.4 is 0 Å². The minimum absolute atomic E-state index is 0.161. The summed E-state index contributed by atoms with van der Waals surface area (Å²) in [5.41, 5.74) is 1.11. The van der Waals surface area contributed by atoms with Crippen LogP contribution in [0, 0.1) is 11.6 Å². The van der Waals surface area contributed by atoms with Gasteiger partial charge in [0, 0.05) is 19.2 Å². The second-order valence-corrected chi connectivity index (χ2v) is 7.88. The average molecular weight is 428 g/mol. The summed E-state index contributed by atoms with van der Waals surface area (Å²) in [7, 11) is 1.54. The summed E-state index contributed by atoms with van der Waals surface area (Å²) in [6.45, 7) is 2.51. The Morgan fingerprint density at radius 1 is 1.13 bits per heavy atom. The van der Waals surface area contributed by atoms with Gasteiger partial charge in [-0.25, -0.2) is 8.78 Å². The molecular weight excluding hydrogens is 406 g/mol. The monoisotopic (exact) mass is 428 g/mol. The number of benzene rings is 2. The Balaban J connectivity index is 1.54. The van der Waals surface area contributed by atoms with E-state index in [-0.39, 0.29) is 29.3 Å². The number of hydrogen-bond donors (Lipinski definition) is 0. The summed E-state index contributed by atoms with van der Waals surface area (Å²) in [6.07, 6.45) is 1.53. The number of rotatable bonds is 5. The first-order valence-electron chi connectivity index (χ1n) is 10.1. The molecule has 8 heteroatoms. The highest BCUT2D eigenvalue weighted by atomic mass is 19.2. The van der Waals surface area contributed by atoms with Gasteiger partial charge in [-0.3, -0.25) is 19.3 Å². The zero-order valence-corrected chi connectivity index (χ0v) is 17.2. The van der Waals surface area contributed by atoms with E-state index < -0.39 is 35.4 Å². The number of halogens is 2. The number of fused-ring (bicyclic) bond motifs is 1. The molecule has 0 radical (unpaired) electrons. The van der Waals surface area contributed by atoms with Crippen LogP contribution in [0.2, 0.25) is 0 Å². The zero-order chi connectivity index (χ0) is 22.3. The van der Waals surface area contributed by atoms with Crippen LogP contribution in [0.5, 0.6) is 0 Å². The maximum atomic E-state index is 13.6. The third kappa shape index (κ3) is 3.83. The highest BCUT2D eigenvalue weighted by Crippen LogP contribution is 2.28. The van der Waals surface area contributed by atoms with Crippen molar-refractivity contribution in [2.45, 2.75) is 31.9 Å². The minimum atomic E-state index is -0.988. The van der Waals surface area contributed by atoms with Crippen LogP contribution in [0.3, 0.4) is 0 Å². The lowest BCUT2D eigenvalue weighted by Gasteiger charge is -2.25. The quantitative estimate of drug-likeness (QED) is 0.683. The van der Waals surface area contributed by atoms with Gasteiger partial charge in [0.1, 0.15) is 0 Å². The zero-order valence-electron chi connectivity index (χ0n) is 17.2. The SMILES string of the molecule is CC(c1ccc(F)c(F)c1)N(C)C(=O)c1ccc2c(c1)C(=O)N(CC1CCCO1)C2=O. The standard InChI is InChI=1S/C23H22F2N2O4/c1-13(14-6-8-19(24)20(25)11-14)26(2)21(28)15-5-7-17-18(10-15)23(30)27(22(17)29)12-16-4-3-9-31-16/h5-8,10-11,13,16H,3-4,9,12H2,1-2H3. The summed E-state index contributed by atoms with van der Waals surface area (Å²) < 4.78 is 32.3. The predicted molar refractivity (Wildman–Crippen MR) is 108 cm³/mol. The molecule has 162 valence electrons. The van der Waals surface area contributed by atoms with E-state index in [1.54, 1.807) is 6.92 Å². The van der Waals surface area contributed by atoms with Gasteiger partial charge in [0.05, 0.1) is 29.8 Å². The summed E-state index contributed by atoms with van der Waals surface area (Å²) in [6, 6.07) is 7.34. The van der Waals surface area contributed by atoms with Crippen molar-refractivity contribution in [3.05, 3.63) is 70.3 Å². The smallest absolute Gasteiger partial charge is 0.261 e. The molecule has 0 bridgehead atoms. The molecular formula is C23H22F2N2O4. The molecule has 2 aromatic carbocycles. The largest absolute Gasteiger partial charge is 0.376 e. The molecule has 0 spiro atoms. The van der Waals surface area contributed by atoms with E-state index in [2.05, 4.69) is 0 Å². The van der Waals surface area contributed by atoms with E-state index >= 15 is 0 Å². The second kappa shape index (κ2) is 8.19. The first-order chi connectivity index (χ1) is 14.8. The molecule has 2 atom stereocenters. The van der Waals surface area contributed by atoms with Crippen molar-refractivity contribution in [1.29, 1.82) is 0 Å². The summed E-state index contributed by atoms with van der Waals surface area (Å²) in [4.78, 5) is 41.0. The van der Waals surface area contributed by atoms with E-state index in [4.69, 9.17) is 4.74 Å². The van der Waals surface area contributed by atoms with Crippen molar-refractivity contribution in [2.75, 3.05) is 20.2 Å². The van der Waals surface area contributed by atoms with E-state index in [0.29, 0.717) is 12.2 Å². The van der Waals surface area contributed by atoms with Crippen LogP contribution in [0.15, 0.2) is 36.4 Å². The number of hydrogen-bond acceptors (Lipinski definition) is 4. The van der Waals surface area contributed by atoms with Crippen LogP contribution in [-0.4, -0.2) is 53.8 Å². The molecule has 3 amide bonds. The Labute approximate surface area is 178 Å². The lowest BCUT2D eigenvalue weighted by atomic mass is 10.0. The molecule has 0 N–H and O–H groups in total. The van der Waals surface area contributed by atoms with Crippen LogP contribution in [0.25, 0.3) is 0 Å². The van der Waals surface area contributed by atoms with Gasteiger partial charge in [0.15, 0.2) is 11.6 Å². The lowest BCUT2D eigenvalue weighted by molar-refractivity contribution is 0.0475.